The topological polar surface area (TPSA) is 62.5 Å². The SMILES string of the molecule is COc1cccc(-n2cccc2[C@H]2[C@H](c3ccccn3)NC(=S)N2c2ccccc2O)c1. The molecule has 4 aromatic rings. The number of benzene rings is 2. The van der Waals surface area contributed by atoms with Crippen LogP contribution in [0.2, 0.25) is 0 Å². The fourth-order valence-electron chi connectivity index (χ4n) is 4.21. The van der Waals surface area contributed by atoms with E-state index in [1.807, 2.05) is 71.8 Å². The molecule has 0 radical (unpaired) electrons. The number of phenols is 1. The summed E-state index contributed by atoms with van der Waals surface area (Å²) in [6.07, 6.45) is 3.80. The van der Waals surface area contributed by atoms with Crippen molar-refractivity contribution in [1.29, 1.82) is 0 Å². The van der Waals surface area contributed by atoms with Crippen molar-refractivity contribution in [2.45, 2.75) is 12.1 Å². The third-order valence-corrected chi connectivity index (χ3v) is 5.97. The number of hydrogen-bond acceptors (Lipinski definition) is 4. The highest BCUT2D eigenvalue weighted by Crippen LogP contribution is 2.44. The van der Waals surface area contributed by atoms with Gasteiger partial charge in [-0.2, -0.15) is 0 Å². The van der Waals surface area contributed by atoms with Crippen molar-refractivity contribution in [2.75, 3.05) is 12.0 Å². The molecule has 0 amide bonds. The first kappa shape index (κ1) is 20.1. The van der Waals surface area contributed by atoms with Crippen LogP contribution in [0, 0.1) is 0 Å². The first-order valence-electron chi connectivity index (χ1n) is 10.3. The molecule has 2 N–H and O–H groups in total. The van der Waals surface area contributed by atoms with E-state index in [4.69, 9.17) is 17.0 Å². The predicted octanol–water partition coefficient (Wildman–Crippen LogP) is 4.76. The molecular weight excluding hydrogens is 420 g/mol. The van der Waals surface area contributed by atoms with Crippen molar-refractivity contribution in [2.24, 2.45) is 0 Å². The predicted molar refractivity (Wildman–Crippen MR) is 128 cm³/mol. The number of nitrogens with zero attached hydrogens (tertiary/aromatic N) is 3. The second-order valence-electron chi connectivity index (χ2n) is 7.49. The first-order chi connectivity index (χ1) is 15.7. The van der Waals surface area contributed by atoms with Crippen LogP contribution in [0.3, 0.4) is 0 Å². The highest BCUT2D eigenvalue weighted by atomic mass is 32.1. The van der Waals surface area contributed by atoms with Crippen LogP contribution in [0.25, 0.3) is 5.69 Å². The zero-order valence-corrected chi connectivity index (χ0v) is 18.2. The highest BCUT2D eigenvalue weighted by molar-refractivity contribution is 7.80. The number of pyridine rings is 1. The molecule has 2 aromatic heterocycles. The van der Waals surface area contributed by atoms with Crippen LogP contribution in [0.1, 0.15) is 23.5 Å². The smallest absolute Gasteiger partial charge is 0.174 e. The zero-order chi connectivity index (χ0) is 22.1. The summed E-state index contributed by atoms with van der Waals surface area (Å²) >= 11 is 5.76. The number of phenolic OH excluding ortho intramolecular Hbond substituents is 1. The number of anilines is 1. The first-order valence-corrected chi connectivity index (χ1v) is 10.7. The number of hydrogen-bond donors (Lipinski definition) is 2. The van der Waals surface area contributed by atoms with Gasteiger partial charge in [-0.25, -0.2) is 0 Å². The lowest BCUT2D eigenvalue weighted by molar-refractivity contribution is 0.414. The van der Waals surface area contributed by atoms with E-state index in [0.29, 0.717) is 10.8 Å². The molecule has 160 valence electrons. The third kappa shape index (κ3) is 3.46. The Morgan fingerprint density at radius 2 is 1.84 bits per heavy atom. The van der Waals surface area contributed by atoms with E-state index in [1.54, 1.807) is 25.4 Å². The lowest BCUT2D eigenvalue weighted by Gasteiger charge is -2.29. The maximum atomic E-state index is 10.6. The van der Waals surface area contributed by atoms with Crippen LogP contribution in [0.4, 0.5) is 5.69 Å². The van der Waals surface area contributed by atoms with E-state index in [0.717, 1.165) is 22.8 Å². The molecule has 2 atom stereocenters. The van der Waals surface area contributed by atoms with Crippen molar-refractivity contribution < 1.29 is 9.84 Å². The van der Waals surface area contributed by atoms with Crippen molar-refractivity contribution in [1.82, 2.24) is 14.9 Å². The van der Waals surface area contributed by atoms with Crippen LogP contribution in [-0.2, 0) is 0 Å². The summed E-state index contributed by atoms with van der Waals surface area (Å²) in [7, 11) is 1.66. The summed E-state index contributed by atoms with van der Waals surface area (Å²) in [6, 6.07) is 24.6. The van der Waals surface area contributed by atoms with Crippen molar-refractivity contribution in [3.8, 4) is 17.2 Å². The van der Waals surface area contributed by atoms with Gasteiger partial charge < -0.3 is 24.6 Å². The van der Waals surface area contributed by atoms with E-state index in [2.05, 4.69) is 20.9 Å². The lowest BCUT2D eigenvalue weighted by Crippen LogP contribution is -2.30. The number of rotatable bonds is 5. The molecule has 1 fully saturated rings. The van der Waals surface area contributed by atoms with E-state index in [1.165, 1.54) is 0 Å². The van der Waals surface area contributed by atoms with E-state index in [9.17, 15) is 5.11 Å². The second-order valence-corrected chi connectivity index (χ2v) is 7.88. The number of methoxy groups -OCH3 is 1. The zero-order valence-electron chi connectivity index (χ0n) is 17.4. The number of para-hydroxylation sites is 2. The number of nitrogens with one attached hydrogen (secondary N) is 1. The molecule has 0 unspecified atom stereocenters. The Labute approximate surface area is 191 Å². The highest BCUT2D eigenvalue weighted by Gasteiger charge is 2.42. The number of thiocarbonyl (C=S) groups is 1. The minimum absolute atomic E-state index is 0.169. The fourth-order valence-corrected chi connectivity index (χ4v) is 4.55. The Hall–Kier alpha value is -3.84. The van der Waals surface area contributed by atoms with Crippen LogP contribution < -0.4 is 15.0 Å². The van der Waals surface area contributed by atoms with Gasteiger partial charge in [0.25, 0.3) is 0 Å². The van der Waals surface area contributed by atoms with Crippen molar-refractivity contribution in [3.63, 3.8) is 0 Å². The molecule has 3 heterocycles. The molecule has 1 saturated heterocycles. The molecule has 7 heteroatoms. The van der Waals surface area contributed by atoms with Crippen LogP contribution in [0.15, 0.2) is 91.3 Å². The molecule has 1 aliphatic heterocycles. The summed E-state index contributed by atoms with van der Waals surface area (Å²) in [6.45, 7) is 0. The second kappa shape index (κ2) is 8.36. The molecular formula is C25H22N4O2S. The van der Waals surface area contributed by atoms with Gasteiger partial charge in [-0.05, 0) is 60.7 Å². The summed E-state index contributed by atoms with van der Waals surface area (Å²) < 4.78 is 7.55. The van der Waals surface area contributed by atoms with Gasteiger partial charge in [-0.15, -0.1) is 0 Å². The minimum atomic E-state index is -0.244. The average Bonchev–Trinajstić information content (AvgIpc) is 3.44. The molecule has 6 nitrogen and oxygen atoms in total. The molecule has 0 aliphatic carbocycles. The Balaban J connectivity index is 1.68. The van der Waals surface area contributed by atoms with Crippen molar-refractivity contribution in [3.05, 3.63) is 103 Å². The third-order valence-electron chi connectivity index (χ3n) is 5.65. The Kier molecular flexibility index (Phi) is 5.25. The van der Waals surface area contributed by atoms with Crippen molar-refractivity contribution >= 4 is 23.0 Å². The maximum Gasteiger partial charge on any atom is 0.174 e. The molecule has 1 aliphatic rings. The van der Waals surface area contributed by atoms with Gasteiger partial charge in [0.2, 0.25) is 0 Å². The molecule has 0 saturated carbocycles. The molecule has 2 aromatic carbocycles. The molecule has 32 heavy (non-hydrogen) atoms. The monoisotopic (exact) mass is 442 g/mol. The van der Waals surface area contributed by atoms with Gasteiger partial charge in [-0.1, -0.05) is 24.3 Å². The van der Waals surface area contributed by atoms with Gasteiger partial charge in [0.15, 0.2) is 5.11 Å². The largest absolute Gasteiger partial charge is 0.506 e. The number of aromatic hydroxyl groups is 1. The van der Waals surface area contributed by atoms with E-state index in [-0.39, 0.29) is 17.8 Å². The minimum Gasteiger partial charge on any atom is -0.506 e. The Bertz CT molecular complexity index is 1260. The number of ether oxygens (including phenoxy) is 1. The molecule has 5 rings (SSSR count). The van der Waals surface area contributed by atoms with Gasteiger partial charge in [-0.3, -0.25) is 4.98 Å². The average molecular weight is 443 g/mol. The molecule has 0 spiro atoms. The van der Waals surface area contributed by atoms with Crippen LogP contribution in [-0.4, -0.2) is 26.9 Å². The summed E-state index contributed by atoms with van der Waals surface area (Å²) in [5, 5.41) is 14.6. The lowest BCUT2D eigenvalue weighted by atomic mass is 10.0. The maximum absolute atomic E-state index is 10.6. The Morgan fingerprint density at radius 3 is 2.62 bits per heavy atom. The normalized spacial score (nSPS) is 17.9. The molecule has 0 bridgehead atoms. The van der Waals surface area contributed by atoms with Crippen LogP contribution in [0.5, 0.6) is 11.5 Å². The van der Waals surface area contributed by atoms with Crippen LogP contribution >= 0.6 is 12.2 Å². The van der Waals surface area contributed by atoms with Gasteiger partial charge in [0, 0.05) is 29.8 Å². The van der Waals surface area contributed by atoms with Gasteiger partial charge in [0.1, 0.15) is 17.5 Å². The summed E-state index contributed by atoms with van der Waals surface area (Å²) in [5.74, 6) is 0.948. The van der Waals surface area contributed by atoms with Gasteiger partial charge in [0.05, 0.1) is 24.5 Å². The summed E-state index contributed by atoms with van der Waals surface area (Å²) in [4.78, 5) is 6.56. The number of aromatic nitrogens is 2. The van der Waals surface area contributed by atoms with Gasteiger partial charge >= 0.3 is 0 Å². The standard InChI is InChI=1S/C25H22N4O2S/c1-31-18-9-6-8-17(16-18)28-15-7-12-21(28)24-23(19-10-4-5-14-26-19)27-25(32)29(24)20-11-2-3-13-22(20)30/h2-16,23-24,30H,1H3,(H,27,32)/t23-,24-/m0/s1. The fraction of sp³-hybridized carbons (Fsp3) is 0.120. The van der Waals surface area contributed by atoms with E-state index >= 15 is 0 Å². The van der Waals surface area contributed by atoms with E-state index < -0.39 is 0 Å². The summed E-state index contributed by atoms with van der Waals surface area (Å²) in [5.41, 5.74) is 3.49. The quantitative estimate of drug-likeness (QED) is 0.435. The Morgan fingerprint density at radius 1 is 1.00 bits per heavy atom.